The topological polar surface area (TPSA) is 116 Å². The minimum Gasteiger partial charge on any atom is -0.361 e. The summed E-state index contributed by atoms with van der Waals surface area (Å²) in [7, 11) is 1.69. The Morgan fingerprint density at radius 3 is 2.97 bits per heavy atom. The zero-order valence-electron chi connectivity index (χ0n) is 17.1. The number of nitrogens with one attached hydrogen (secondary N) is 3. The van der Waals surface area contributed by atoms with Crippen molar-refractivity contribution in [2.75, 3.05) is 18.9 Å². The van der Waals surface area contributed by atoms with E-state index in [2.05, 4.69) is 25.5 Å². The molecule has 0 bridgehead atoms. The van der Waals surface area contributed by atoms with Gasteiger partial charge in [0, 0.05) is 31.4 Å². The molecule has 0 saturated carbocycles. The van der Waals surface area contributed by atoms with Crippen molar-refractivity contribution >= 4 is 40.5 Å². The Morgan fingerprint density at radius 2 is 2.19 bits per heavy atom. The second-order valence-electron chi connectivity index (χ2n) is 6.95. The molecule has 31 heavy (non-hydrogen) atoms. The van der Waals surface area contributed by atoms with Crippen molar-refractivity contribution < 1.29 is 14.1 Å². The Kier molecular flexibility index (Phi) is 6.00. The molecule has 2 aromatic rings. The van der Waals surface area contributed by atoms with Crippen molar-refractivity contribution in [2.45, 2.75) is 20.4 Å². The average Bonchev–Trinajstić information content (AvgIpc) is 3.46. The van der Waals surface area contributed by atoms with Crippen LogP contribution in [0.25, 0.3) is 0 Å². The molecule has 3 N–H and O–H groups in total. The number of nitrogens with zero attached hydrogens (tertiary/aromatic N) is 4. The van der Waals surface area contributed by atoms with E-state index in [9.17, 15) is 9.59 Å². The highest BCUT2D eigenvalue weighted by Crippen LogP contribution is 2.27. The van der Waals surface area contributed by atoms with Crippen LogP contribution in [0.3, 0.4) is 0 Å². The molecule has 4 rings (SSSR count). The molecule has 2 aliphatic heterocycles. The summed E-state index contributed by atoms with van der Waals surface area (Å²) in [6.07, 6.45) is 7.79. The molecule has 10 nitrogen and oxygen atoms in total. The molecular weight excluding hydrogens is 438 g/mol. The lowest BCUT2D eigenvalue weighted by Gasteiger charge is -2.17. The molecular formula is C19H21N7O3S2. The number of anilines is 1. The van der Waals surface area contributed by atoms with Crippen molar-refractivity contribution in [1.82, 2.24) is 29.4 Å². The molecule has 3 amide bonds. The predicted molar refractivity (Wildman–Crippen MR) is 119 cm³/mol. The Morgan fingerprint density at radius 1 is 1.35 bits per heavy atom. The van der Waals surface area contributed by atoms with Crippen LogP contribution in [0.4, 0.5) is 9.93 Å². The second kappa shape index (κ2) is 8.86. The highest BCUT2D eigenvalue weighted by Gasteiger charge is 2.22. The summed E-state index contributed by atoms with van der Waals surface area (Å²) in [5.74, 6) is 0.302. The lowest BCUT2D eigenvalue weighted by atomic mass is 10.2. The fraction of sp³-hybridized carbons (Fsp3) is 0.263. The third kappa shape index (κ3) is 4.75. The van der Waals surface area contributed by atoms with E-state index >= 15 is 0 Å². The summed E-state index contributed by atoms with van der Waals surface area (Å²) in [5.41, 5.74) is 3.72. The molecule has 0 fully saturated rings. The minimum absolute atomic E-state index is 0.185. The van der Waals surface area contributed by atoms with Gasteiger partial charge >= 0.3 is 6.03 Å². The Hall–Kier alpha value is -3.25. The number of hydrogen-bond acceptors (Lipinski definition) is 9. The largest absolute Gasteiger partial charge is 0.361 e. The standard InChI is InChI=1S/C19H21N7O3S2/c1-11-16(12(2)29-24-11)17(27)25(3)9-14-10-30-19(22-14)23-18(28)20-7-13-4-5-26-15(6-13)8-21-31-26/h4-6,8,10,21H,7,9H2,1-3H3,(H2,20,22,23,28). The Balaban J connectivity index is 1.28. The zero-order chi connectivity index (χ0) is 22.0. The fourth-order valence-electron chi connectivity index (χ4n) is 3.05. The van der Waals surface area contributed by atoms with Crippen LogP contribution in [0.5, 0.6) is 0 Å². The molecule has 162 valence electrons. The van der Waals surface area contributed by atoms with Crippen molar-refractivity contribution in [2.24, 2.45) is 0 Å². The number of aromatic nitrogens is 2. The number of carbonyl (C=O) groups is 2. The van der Waals surface area contributed by atoms with Crippen LogP contribution in [0.15, 0.2) is 45.7 Å². The van der Waals surface area contributed by atoms with Crippen LogP contribution in [-0.2, 0) is 6.54 Å². The number of aryl methyl sites for hydroxylation is 2. The maximum atomic E-state index is 12.6. The van der Waals surface area contributed by atoms with Crippen LogP contribution in [0, 0.1) is 13.8 Å². The molecule has 0 saturated heterocycles. The van der Waals surface area contributed by atoms with Crippen LogP contribution in [0.1, 0.15) is 27.5 Å². The third-order valence-corrected chi connectivity index (χ3v) is 6.15. The summed E-state index contributed by atoms with van der Waals surface area (Å²) >= 11 is 2.79. The van der Waals surface area contributed by atoms with Gasteiger partial charge in [-0.05, 0) is 31.6 Å². The van der Waals surface area contributed by atoms with Gasteiger partial charge in [0.25, 0.3) is 5.91 Å². The van der Waals surface area contributed by atoms with E-state index in [4.69, 9.17) is 4.52 Å². The van der Waals surface area contributed by atoms with Crippen molar-refractivity contribution in [3.63, 3.8) is 0 Å². The predicted octanol–water partition coefficient (Wildman–Crippen LogP) is 2.91. The number of carbonyl (C=O) groups excluding carboxylic acids is 2. The number of rotatable bonds is 6. The summed E-state index contributed by atoms with van der Waals surface area (Å²) in [5, 5.41) is 11.6. The van der Waals surface area contributed by atoms with Gasteiger partial charge in [-0.25, -0.2) is 9.78 Å². The molecule has 0 spiro atoms. The molecule has 0 aromatic carbocycles. The minimum atomic E-state index is -0.342. The fourth-order valence-corrected chi connectivity index (χ4v) is 4.36. The van der Waals surface area contributed by atoms with Gasteiger partial charge in [0.1, 0.15) is 11.3 Å². The summed E-state index contributed by atoms with van der Waals surface area (Å²) < 4.78 is 10.1. The molecule has 0 aliphatic carbocycles. The summed E-state index contributed by atoms with van der Waals surface area (Å²) in [6.45, 7) is 4.14. The lowest BCUT2D eigenvalue weighted by Crippen LogP contribution is -2.30. The second-order valence-corrected chi connectivity index (χ2v) is 8.62. The molecule has 0 radical (unpaired) electrons. The maximum Gasteiger partial charge on any atom is 0.321 e. The van der Waals surface area contributed by atoms with Crippen LogP contribution >= 0.6 is 23.5 Å². The first-order valence-electron chi connectivity index (χ1n) is 9.39. The van der Waals surface area contributed by atoms with E-state index in [0.29, 0.717) is 40.9 Å². The molecule has 0 atom stereocenters. The first kappa shape index (κ1) is 21.0. The molecule has 12 heteroatoms. The van der Waals surface area contributed by atoms with Gasteiger partial charge in [-0.2, -0.15) is 0 Å². The molecule has 2 aromatic heterocycles. The SMILES string of the molecule is Cc1noc(C)c1C(=O)N(C)Cc1csc(NC(=O)NCC2=CC3=CNSN3C=C2)n1. The molecule has 0 unspecified atom stereocenters. The van der Waals surface area contributed by atoms with Crippen LogP contribution in [0.2, 0.25) is 0 Å². The van der Waals surface area contributed by atoms with Crippen molar-refractivity contribution in [1.29, 1.82) is 0 Å². The Labute approximate surface area is 187 Å². The average molecular weight is 460 g/mol. The lowest BCUT2D eigenvalue weighted by molar-refractivity contribution is 0.0781. The van der Waals surface area contributed by atoms with Gasteiger partial charge in [-0.3, -0.25) is 14.4 Å². The number of allylic oxidation sites excluding steroid dienone is 1. The van der Waals surface area contributed by atoms with E-state index in [1.807, 2.05) is 34.2 Å². The van der Waals surface area contributed by atoms with Gasteiger partial charge < -0.3 is 19.5 Å². The van der Waals surface area contributed by atoms with Gasteiger partial charge in [0.15, 0.2) is 5.13 Å². The number of amides is 3. The van der Waals surface area contributed by atoms with Crippen molar-refractivity contribution in [3.05, 3.63) is 63.9 Å². The normalized spacial score (nSPS) is 14.5. The van der Waals surface area contributed by atoms with Crippen LogP contribution < -0.4 is 15.4 Å². The number of urea groups is 1. The first-order valence-corrected chi connectivity index (χ1v) is 11.0. The zero-order valence-corrected chi connectivity index (χ0v) is 18.8. The quantitative estimate of drug-likeness (QED) is 0.565. The van der Waals surface area contributed by atoms with E-state index in [-0.39, 0.29) is 11.9 Å². The van der Waals surface area contributed by atoms with Crippen LogP contribution in [-0.4, -0.2) is 44.9 Å². The van der Waals surface area contributed by atoms with Crippen molar-refractivity contribution in [3.8, 4) is 0 Å². The van der Waals surface area contributed by atoms with Gasteiger partial charge in [-0.15, -0.1) is 11.3 Å². The monoisotopic (exact) mass is 459 g/mol. The number of hydrogen-bond donors (Lipinski definition) is 3. The number of thiazole rings is 1. The van der Waals surface area contributed by atoms with Gasteiger partial charge in [-0.1, -0.05) is 5.16 Å². The highest BCUT2D eigenvalue weighted by molar-refractivity contribution is 7.95. The van der Waals surface area contributed by atoms with Gasteiger partial charge in [0.2, 0.25) is 0 Å². The summed E-state index contributed by atoms with van der Waals surface area (Å²) in [6, 6.07) is -0.342. The first-order chi connectivity index (χ1) is 14.9. The molecule has 4 heterocycles. The van der Waals surface area contributed by atoms with E-state index in [1.54, 1.807) is 25.8 Å². The van der Waals surface area contributed by atoms with E-state index < -0.39 is 0 Å². The van der Waals surface area contributed by atoms with E-state index in [0.717, 1.165) is 11.3 Å². The highest BCUT2D eigenvalue weighted by atomic mass is 32.2. The third-order valence-electron chi connectivity index (χ3n) is 4.59. The van der Waals surface area contributed by atoms with E-state index in [1.165, 1.54) is 23.5 Å². The Bertz CT molecular complexity index is 1080. The maximum absolute atomic E-state index is 12.6. The molecule has 2 aliphatic rings. The summed E-state index contributed by atoms with van der Waals surface area (Å²) in [4.78, 5) is 30.8. The number of fused-ring (bicyclic) bond motifs is 1. The van der Waals surface area contributed by atoms with Gasteiger partial charge in [0.05, 0.1) is 35.8 Å². The smallest absolute Gasteiger partial charge is 0.321 e.